The summed E-state index contributed by atoms with van der Waals surface area (Å²) in [6.45, 7) is 2.58. The summed E-state index contributed by atoms with van der Waals surface area (Å²) in [4.78, 5) is 7.75. The van der Waals surface area contributed by atoms with Crippen LogP contribution in [-0.2, 0) is 13.0 Å². The van der Waals surface area contributed by atoms with E-state index in [1.165, 1.54) is 17.0 Å². The van der Waals surface area contributed by atoms with E-state index in [4.69, 9.17) is 38.1 Å². The predicted molar refractivity (Wildman–Crippen MR) is 133 cm³/mol. The highest BCUT2D eigenvalue weighted by Crippen LogP contribution is 2.39. The first-order valence-corrected chi connectivity index (χ1v) is 12.4. The van der Waals surface area contributed by atoms with Crippen molar-refractivity contribution < 1.29 is 18.7 Å². The number of aliphatic hydroxyl groups excluding tert-OH is 1. The quantitative estimate of drug-likeness (QED) is 0.300. The van der Waals surface area contributed by atoms with Crippen LogP contribution in [0.15, 0.2) is 40.5 Å². The van der Waals surface area contributed by atoms with E-state index in [2.05, 4.69) is 21.3 Å². The van der Waals surface area contributed by atoms with Gasteiger partial charge in [-0.25, -0.2) is 9.37 Å². The summed E-state index contributed by atoms with van der Waals surface area (Å²) in [5.41, 5.74) is 8.96. The first kappa shape index (κ1) is 23.4. The van der Waals surface area contributed by atoms with Crippen LogP contribution in [-0.4, -0.2) is 40.8 Å². The Bertz CT molecular complexity index is 1340. The summed E-state index contributed by atoms with van der Waals surface area (Å²) in [5.74, 6) is -0.00610. The zero-order chi connectivity index (χ0) is 23.8. The number of anilines is 1. The van der Waals surface area contributed by atoms with Gasteiger partial charge < -0.3 is 20.0 Å². The van der Waals surface area contributed by atoms with E-state index >= 15 is 0 Å². The number of pyridine rings is 1. The average Bonchev–Trinajstić information content (AvgIpc) is 3.55. The normalized spacial score (nSPS) is 16.5. The number of β-amino-alcohol motifs (C(OH)–C–C–N with tert-alkyl or cyclic N) is 1. The van der Waals surface area contributed by atoms with E-state index < -0.39 is 5.82 Å². The van der Waals surface area contributed by atoms with Gasteiger partial charge in [-0.15, -0.1) is 11.3 Å². The van der Waals surface area contributed by atoms with Gasteiger partial charge in [-0.3, -0.25) is 4.90 Å². The highest BCUT2D eigenvalue weighted by Gasteiger charge is 2.22. The maximum absolute atomic E-state index is 13.8. The van der Waals surface area contributed by atoms with E-state index in [0.717, 1.165) is 36.0 Å². The summed E-state index contributed by atoms with van der Waals surface area (Å²) >= 11 is 13.9. The number of hydrogen-bond acceptors (Lipinski definition) is 7. The zero-order valence-electron chi connectivity index (χ0n) is 18.1. The van der Waals surface area contributed by atoms with Crippen molar-refractivity contribution in [2.24, 2.45) is 0 Å². The van der Waals surface area contributed by atoms with Gasteiger partial charge in [0, 0.05) is 47.7 Å². The molecule has 34 heavy (non-hydrogen) atoms. The standard InChI is InChI=1S/C24H22Cl2FN3O3S/c25-19-1-2-20(27)21(26)16(19)4-6-32-23-22-17(8-29-24(23)28)18(11-33-22)13-7-15(34-12-13)10-30-5-3-14(31)9-30/h1-2,7-8,11-12,14,31H,3-6,9-10H2,(H2,28,29). The first-order valence-electron chi connectivity index (χ1n) is 10.8. The van der Waals surface area contributed by atoms with E-state index in [1.807, 2.05) is 0 Å². The maximum Gasteiger partial charge on any atom is 0.205 e. The summed E-state index contributed by atoms with van der Waals surface area (Å²) < 4.78 is 25.5. The number of ether oxygens (including phenoxy) is 1. The Labute approximate surface area is 209 Å². The van der Waals surface area contributed by atoms with Crippen LogP contribution in [0.3, 0.4) is 0 Å². The number of aliphatic hydroxyl groups is 1. The van der Waals surface area contributed by atoms with Crippen LogP contribution in [0.4, 0.5) is 10.2 Å². The van der Waals surface area contributed by atoms with E-state index in [9.17, 15) is 9.50 Å². The lowest BCUT2D eigenvalue weighted by Gasteiger charge is -2.12. The van der Waals surface area contributed by atoms with Crippen molar-refractivity contribution in [3.8, 4) is 16.9 Å². The number of hydrogen-bond donors (Lipinski definition) is 2. The second-order valence-corrected chi connectivity index (χ2v) is 10.0. The maximum atomic E-state index is 13.8. The van der Waals surface area contributed by atoms with Crippen LogP contribution in [0.25, 0.3) is 22.1 Å². The van der Waals surface area contributed by atoms with Gasteiger partial charge in [0.15, 0.2) is 11.4 Å². The molecule has 1 atom stereocenters. The Morgan fingerprint density at radius 2 is 2.21 bits per heavy atom. The number of halogens is 3. The fourth-order valence-electron chi connectivity index (χ4n) is 4.18. The number of rotatable bonds is 7. The van der Waals surface area contributed by atoms with Crippen molar-refractivity contribution in [2.45, 2.75) is 25.5 Å². The minimum atomic E-state index is -0.531. The van der Waals surface area contributed by atoms with Crippen molar-refractivity contribution >= 4 is 51.3 Å². The molecule has 1 saturated heterocycles. The molecule has 5 rings (SSSR count). The highest BCUT2D eigenvalue weighted by molar-refractivity contribution is 7.10. The van der Waals surface area contributed by atoms with Gasteiger partial charge in [0.25, 0.3) is 0 Å². The number of likely N-dealkylation sites (tertiary alicyclic amines) is 1. The number of nitrogens with two attached hydrogens (primary N) is 1. The molecule has 0 aliphatic carbocycles. The molecule has 0 saturated carbocycles. The van der Waals surface area contributed by atoms with Crippen molar-refractivity contribution in [3.63, 3.8) is 0 Å². The molecule has 1 fully saturated rings. The molecule has 1 aliphatic rings. The molecule has 178 valence electrons. The van der Waals surface area contributed by atoms with Crippen LogP contribution in [0, 0.1) is 5.82 Å². The second-order valence-electron chi connectivity index (χ2n) is 8.26. The molecule has 4 aromatic rings. The predicted octanol–water partition coefficient (Wildman–Crippen LogP) is 5.77. The molecule has 3 N–H and O–H groups in total. The molecule has 3 aromatic heterocycles. The summed E-state index contributed by atoms with van der Waals surface area (Å²) in [6, 6.07) is 4.82. The first-order chi connectivity index (χ1) is 16.4. The Hall–Kier alpha value is -2.36. The average molecular weight is 522 g/mol. The topological polar surface area (TPSA) is 84.8 Å². The number of furan rings is 1. The molecule has 1 aliphatic heterocycles. The van der Waals surface area contributed by atoms with Gasteiger partial charge >= 0.3 is 0 Å². The number of nitrogens with zero attached hydrogens (tertiary/aromatic N) is 2. The fraction of sp³-hybridized carbons (Fsp3) is 0.292. The Kier molecular flexibility index (Phi) is 6.68. The molecule has 10 heteroatoms. The van der Waals surface area contributed by atoms with E-state index in [0.29, 0.717) is 28.5 Å². The lowest BCUT2D eigenvalue weighted by atomic mass is 10.1. The summed E-state index contributed by atoms with van der Waals surface area (Å²) in [5, 5.41) is 13.0. The van der Waals surface area contributed by atoms with Gasteiger partial charge in [-0.05, 0) is 41.1 Å². The van der Waals surface area contributed by atoms with E-state index in [-0.39, 0.29) is 30.0 Å². The number of aromatic nitrogens is 1. The third kappa shape index (κ3) is 4.61. The minimum Gasteiger partial charge on any atom is -0.486 e. The molecule has 1 aromatic carbocycles. The third-order valence-corrected chi connectivity index (χ3v) is 7.61. The lowest BCUT2D eigenvalue weighted by Crippen LogP contribution is -2.20. The van der Waals surface area contributed by atoms with Crippen molar-refractivity contribution in [2.75, 3.05) is 25.4 Å². The van der Waals surface area contributed by atoms with E-state index in [1.54, 1.807) is 23.8 Å². The highest BCUT2D eigenvalue weighted by atomic mass is 35.5. The van der Waals surface area contributed by atoms with Gasteiger partial charge in [0.05, 0.1) is 29.4 Å². The van der Waals surface area contributed by atoms with Gasteiger partial charge in [-0.1, -0.05) is 23.2 Å². The Morgan fingerprint density at radius 3 is 3.00 bits per heavy atom. The molecule has 0 bridgehead atoms. The molecule has 0 spiro atoms. The number of nitrogen functional groups attached to an aromatic ring is 1. The van der Waals surface area contributed by atoms with Crippen LogP contribution in [0.2, 0.25) is 10.0 Å². The lowest BCUT2D eigenvalue weighted by molar-refractivity contribution is 0.175. The van der Waals surface area contributed by atoms with Gasteiger partial charge in [0.1, 0.15) is 5.82 Å². The molecule has 0 radical (unpaired) electrons. The van der Waals surface area contributed by atoms with Crippen LogP contribution in [0.1, 0.15) is 16.9 Å². The molecule has 6 nitrogen and oxygen atoms in total. The molecule has 0 amide bonds. The molecular formula is C24H22Cl2FN3O3S. The van der Waals surface area contributed by atoms with Crippen molar-refractivity contribution in [1.82, 2.24) is 9.88 Å². The Morgan fingerprint density at radius 1 is 1.35 bits per heavy atom. The summed E-state index contributed by atoms with van der Waals surface area (Å²) in [7, 11) is 0. The van der Waals surface area contributed by atoms with Crippen LogP contribution >= 0.6 is 34.5 Å². The smallest absolute Gasteiger partial charge is 0.205 e. The number of fused-ring (bicyclic) bond motifs is 1. The molecule has 4 heterocycles. The molecular weight excluding hydrogens is 500 g/mol. The summed E-state index contributed by atoms with van der Waals surface area (Å²) in [6.07, 6.45) is 4.21. The van der Waals surface area contributed by atoms with Crippen LogP contribution in [0.5, 0.6) is 5.75 Å². The number of thiophene rings is 1. The molecule has 1 unspecified atom stereocenters. The number of benzene rings is 1. The monoisotopic (exact) mass is 521 g/mol. The van der Waals surface area contributed by atoms with Crippen LogP contribution < -0.4 is 10.5 Å². The van der Waals surface area contributed by atoms with Gasteiger partial charge in [-0.2, -0.15) is 0 Å². The fourth-order valence-corrected chi connectivity index (χ4v) is 5.66. The van der Waals surface area contributed by atoms with Crippen molar-refractivity contribution in [1.29, 1.82) is 0 Å². The largest absolute Gasteiger partial charge is 0.486 e. The SMILES string of the molecule is Nc1ncc2c(-c3csc(CN4CCC(O)C4)c3)coc2c1OCCc1c(Cl)ccc(F)c1Cl. The third-order valence-electron chi connectivity index (χ3n) is 5.93. The van der Waals surface area contributed by atoms with Gasteiger partial charge in [0.2, 0.25) is 5.75 Å². The minimum absolute atomic E-state index is 0.0163. The van der Waals surface area contributed by atoms with Crippen molar-refractivity contribution in [3.05, 3.63) is 62.3 Å². The zero-order valence-corrected chi connectivity index (χ0v) is 20.4. The Balaban J connectivity index is 1.35. The second kappa shape index (κ2) is 9.71.